The van der Waals surface area contributed by atoms with E-state index in [0.29, 0.717) is 41.5 Å². The van der Waals surface area contributed by atoms with Crippen molar-refractivity contribution >= 4 is 33.2 Å². The van der Waals surface area contributed by atoms with Gasteiger partial charge in [0.05, 0.1) is 17.3 Å². The molecule has 1 aromatic heterocycles. The third-order valence-corrected chi connectivity index (χ3v) is 7.24. The van der Waals surface area contributed by atoms with Gasteiger partial charge in [0.1, 0.15) is 4.90 Å². The highest BCUT2D eigenvalue weighted by molar-refractivity contribution is 7.89. The summed E-state index contributed by atoms with van der Waals surface area (Å²) in [6.45, 7) is 3.98. The zero-order valence-electron chi connectivity index (χ0n) is 15.6. The second-order valence-corrected chi connectivity index (χ2v) is 9.14. The molecule has 1 unspecified atom stereocenters. The Kier molecular flexibility index (Phi) is 5.60. The van der Waals surface area contributed by atoms with Gasteiger partial charge < -0.3 is 5.32 Å². The molecular weight excluding hydrogens is 388 g/mol. The van der Waals surface area contributed by atoms with Gasteiger partial charge in [0, 0.05) is 30.8 Å². The largest absolute Gasteiger partial charge is 0.326 e. The van der Waals surface area contributed by atoms with Gasteiger partial charge >= 0.3 is 0 Å². The van der Waals surface area contributed by atoms with Crippen LogP contribution in [-0.4, -0.2) is 41.5 Å². The number of carbonyl (C=O) groups excluding carboxylic acids is 1. The van der Waals surface area contributed by atoms with Gasteiger partial charge in [-0.25, -0.2) is 8.42 Å². The molecule has 0 aliphatic carbocycles. The minimum absolute atomic E-state index is 0.155. The van der Waals surface area contributed by atoms with Crippen LogP contribution in [0.3, 0.4) is 0 Å². The Balaban J connectivity index is 1.78. The van der Waals surface area contributed by atoms with Gasteiger partial charge in [-0.05, 0) is 44.9 Å². The van der Waals surface area contributed by atoms with Crippen LogP contribution in [0, 0.1) is 19.8 Å². The molecule has 3 rings (SSSR count). The van der Waals surface area contributed by atoms with Crippen molar-refractivity contribution < 1.29 is 13.2 Å². The zero-order chi connectivity index (χ0) is 19.8. The van der Waals surface area contributed by atoms with Gasteiger partial charge in [0.2, 0.25) is 15.9 Å². The minimum atomic E-state index is -3.70. The maximum atomic E-state index is 13.1. The Bertz CT molecular complexity index is 971. The number of anilines is 1. The van der Waals surface area contributed by atoms with E-state index in [2.05, 4.69) is 10.4 Å². The number of sulfonamides is 1. The van der Waals surface area contributed by atoms with Crippen LogP contribution >= 0.6 is 11.6 Å². The molecule has 1 N–H and O–H groups in total. The van der Waals surface area contributed by atoms with Crippen molar-refractivity contribution in [2.24, 2.45) is 13.0 Å². The van der Waals surface area contributed by atoms with Crippen LogP contribution in [0.25, 0.3) is 0 Å². The number of aromatic nitrogens is 2. The number of nitrogens with one attached hydrogen (secondary N) is 1. The second-order valence-electron chi connectivity index (χ2n) is 6.83. The predicted molar refractivity (Wildman–Crippen MR) is 104 cm³/mol. The molecule has 0 bridgehead atoms. The van der Waals surface area contributed by atoms with Crippen molar-refractivity contribution in [2.75, 3.05) is 18.4 Å². The van der Waals surface area contributed by atoms with E-state index in [9.17, 15) is 13.2 Å². The van der Waals surface area contributed by atoms with Crippen molar-refractivity contribution in [3.05, 3.63) is 40.7 Å². The number of aryl methyl sites for hydroxylation is 2. The van der Waals surface area contributed by atoms with Crippen molar-refractivity contribution in [2.45, 2.75) is 31.6 Å². The number of amides is 1. The first kappa shape index (κ1) is 19.9. The van der Waals surface area contributed by atoms with Crippen LogP contribution in [0.4, 0.5) is 5.69 Å². The molecule has 0 saturated carbocycles. The standard InChI is InChI=1S/C18H23ClN4O3S/c1-12-17(13(2)22(3)21-12)27(25,26)23-9-5-6-14(11-23)18(24)20-16-8-4-7-15(19)10-16/h4,7-8,10,14H,5-6,9,11H2,1-3H3,(H,20,24). The van der Waals surface area contributed by atoms with Gasteiger partial charge in [-0.1, -0.05) is 17.7 Å². The fraction of sp³-hybridized carbons (Fsp3) is 0.444. The lowest BCUT2D eigenvalue weighted by Crippen LogP contribution is -2.44. The molecule has 9 heteroatoms. The van der Waals surface area contributed by atoms with E-state index in [1.54, 1.807) is 49.8 Å². The maximum absolute atomic E-state index is 13.1. The van der Waals surface area contributed by atoms with E-state index >= 15 is 0 Å². The highest BCUT2D eigenvalue weighted by Crippen LogP contribution is 2.28. The van der Waals surface area contributed by atoms with Crippen molar-refractivity contribution in [3.8, 4) is 0 Å². The van der Waals surface area contributed by atoms with Crippen molar-refractivity contribution in [1.29, 1.82) is 0 Å². The number of carbonyl (C=O) groups is 1. The zero-order valence-corrected chi connectivity index (χ0v) is 17.1. The van der Waals surface area contributed by atoms with E-state index in [4.69, 9.17) is 11.6 Å². The number of rotatable bonds is 4. The van der Waals surface area contributed by atoms with Crippen LogP contribution in [-0.2, 0) is 21.9 Å². The molecule has 2 heterocycles. The third kappa shape index (κ3) is 4.02. The monoisotopic (exact) mass is 410 g/mol. The summed E-state index contributed by atoms with van der Waals surface area (Å²) in [5, 5.41) is 7.57. The smallest absolute Gasteiger partial charge is 0.246 e. The number of hydrogen-bond acceptors (Lipinski definition) is 4. The van der Waals surface area contributed by atoms with Crippen LogP contribution in [0.2, 0.25) is 5.02 Å². The maximum Gasteiger partial charge on any atom is 0.246 e. The molecule has 27 heavy (non-hydrogen) atoms. The molecule has 2 aromatic rings. The first-order valence-corrected chi connectivity index (χ1v) is 10.6. The summed E-state index contributed by atoms with van der Waals surface area (Å²) in [4.78, 5) is 12.9. The van der Waals surface area contributed by atoms with Crippen LogP contribution in [0.1, 0.15) is 24.2 Å². The van der Waals surface area contributed by atoms with E-state index in [0.717, 1.165) is 0 Å². The average Bonchev–Trinajstić information content (AvgIpc) is 2.87. The van der Waals surface area contributed by atoms with Gasteiger partial charge in [-0.2, -0.15) is 9.40 Å². The summed E-state index contributed by atoms with van der Waals surface area (Å²) in [6.07, 6.45) is 1.27. The molecule has 0 radical (unpaired) electrons. The third-order valence-electron chi connectivity index (χ3n) is 4.89. The summed E-state index contributed by atoms with van der Waals surface area (Å²) in [7, 11) is -1.98. The molecule has 1 saturated heterocycles. The molecule has 1 fully saturated rings. The molecule has 1 amide bonds. The predicted octanol–water partition coefficient (Wildman–Crippen LogP) is 2.73. The van der Waals surface area contributed by atoms with Crippen molar-refractivity contribution in [3.63, 3.8) is 0 Å². The van der Waals surface area contributed by atoms with E-state index in [1.165, 1.54) is 4.31 Å². The first-order chi connectivity index (χ1) is 12.7. The molecule has 1 aromatic carbocycles. The van der Waals surface area contributed by atoms with E-state index in [-0.39, 0.29) is 17.3 Å². The average molecular weight is 411 g/mol. The fourth-order valence-electron chi connectivity index (χ4n) is 3.44. The number of halogens is 1. The number of nitrogens with zero attached hydrogens (tertiary/aromatic N) is 3. The molecular formula is C18H23ClN4O3S. The Morgan fingerprint density at radius 2 is 2.07 bits per heavy atom. The highest BCUT2D eigenvalue weighted by atomic mass is 35.5. The molecule has 146 valence electrons. The molecule has 1 aliphatic rings. The summed E-state index contributed by atoms with van der Waals surface area (Å²) >= 11 is 5.95. The quantitative estimate of drug-likeness (QED) is 0.839. The Morgan fingerprint density at radius 1 is 1.33 bits per heavy atom. The van der Waals surface area contributed by atoms with Gasteiger partial charge in [-0.3, -0.25) is 9.48 Å². The summed E-state index contributed by atoms with van der Waals surface area (Å²) in [5.74, 6) is -0.610. The lowest BCUT2D eigenvalue weighted by atomic mass is 9.99. The Hall–Kier alpha value is -1.90. The lowest BCUT2D eigenvalue weighted by Gasteiger charge is -2.31. The Labute approximate surface area is 164 Å². The first-order valence-electron chi connectivity index (χ1n) is 8.77. The molecule has 7 nitrogen and oxygen atoms in total. The van der Waals surface area contributed by atoms with Crippen molar-refractivity contribution in [1.82, 2.24) is 14.1 Å². The lowest BCUT2D eigenvalue weighted by molar-refractivity contribution is -0.120. The summed E-state index contributed by atoms with van der Waals surface area (Å²) in [5.41, 5.74) is 1.67. The normalized spacial score (nSPS) is 18.4. The summed E-state index contributed by atoms with van der Waals surface area (Å²) in [6, 6.07) is 6.90. The summed E-state index contributed by atoms with van der Waals surface area (Å²) < 4.78 is 29.2. The molecule has 0 spiro atoms. The SMILES string of the molecule is Cc1nn(C)c(C)c1S(=O)(=O)N1CCCC(C(=O)Nc2cccc(Cl)c2)C1. The minimum Gasteiger partial charge on any atom is -0.326 e. The van der Waals surface area contributed by atoms with E-state index < -0.39 is 15.9 Å². The van der Waals surface area contributed by atoms with Crippen LogP contribution in [0.5, 0.6) is 0 Å². The van der Waals surface area contributed by atoms with Gasteiger partial charge in [-0.15, -0.1) is 0 Å². The molecule has 1 aliphatic heterocycles. The molecule has 1 atom stereocenters. The van der Waals surface area contributed by atoms with Gasteiger partial charge in [0.25, 0.3) is 0 Å². The van der Waals surface area contributed by atoms with Gasteiger partial charge in [0.15, 0.2) is 0 Å². The van der Waals surface area contributed by atoms with Crippen LogP contribution in [0.15, 0.2) is 29.2 Å². The number of hydrogen-bond donors (Lipinski definition) is 1. The second kappa shape index (κ2) is 7.61. The Morgan fingerprint density at radius 3 is 2.70 bits per heavy atom. The van der Waals surface area contributed by atoms with Crippen LogP contribution < -0.4 is 5.32 Å². The highest BCUT2D eigenvalue weighted by Gasteiger charge is 2.36. The number of benzene rings is 1. The van der Waals surface area contributed by atoms with E-state index in [1.807, 2.05) is 0 Å². The fourth-order valence-corrected chi connectivity index (χ4v) is 5.56. The number of piperidine rings is 1. The topological polar surface area (TPSA) is 84.3 Å².